The van der Waals surface area contributed by atoms with E-state index in [0.717, 1.165) is 22.6 Å². The molecular weight excluding hydrogens is 156 g/mol. The third kappa shape index (κ3) is 1.63. The van der Waals surface area contributed by atoms with Gasteiger partial charge in [0.25, 0.3) is 0 Å². The second kappa shape index (κ2) is 3.59. The van der Waals surface area contributed by atoms with Crippen LogP contribution in [0.2, 0.25) is 5.02 Å². The number of benzene rings is 1. The van der Waals surface area contributed by atoms with Crippen molar-refractivity contribution >= 4 is 11.6 Å². The Morgan fingerprint density at radius 2 is 2.27 bits per heavy atom. The van der Waals surface area contributed by atoms with Gasteiger partial charge in [0, 0.05) is 5.02 Å². The standard InChI is InChI=1S/C10H10Cl/c1-3-8-6-5-7-10(11)9(8)4-2/h5-7H,1,4H2,2H3. The Labute approximate surface area is 72.5 Å². The van der Waals surface area contributed by atoms with Gasteiger partial charge in [0.1, 0.15) is 0 Å². The summed E-state index contributed by atoms with van der Waals surface area (Å²) in [5.41, 5.74) is 2.14. The van der Waals surface area contributed by atoms with Crippen molar-refractivity contribution in [3.05, 3.63) is 47.0 Å². The van der Waals surface area contributed by atoms with Gasteiger partial charge in [0.2, 0.25) is 0 Å². The molecular formula is C10H10Cl. The van der Waals surface area contributed by atoms with Gasteiger partial charge in [0.15, 0.2) is 0 Å². The first-order chi connectivity index (χ1) is 5.29. The first-order valence-electron chi connectivity index (χ1n) is 3.60. The lowest BCUT2D eigenvalue weighted by Gasteiger charge is -2.03. The van der Waals surface area contributed by atoms with Gasteiger partial charge in [-0.1, -0.05) is 37.2 Å². The molecule has 0 nitrogen and oxygen atoms in total. The molecule has 0 aromatic heterocycles. The molecule has 0 unspecified atom stereocenters. The van der Waals surface area contributed by atoms with Crippen molar-refractivity contribution in [1.29, 1.82) is 0 Å². The van der Waals surface area contributed by atoms with Crippen molar-refractivity contribution in [3.8, 4) is 0 Å². The lowest BCUT2D eigenvalue weighted by atomic mass is 10.1. The third-order valence-corrected chi connectivity index (χ3v) is 2.02. The minimum atomic E-state index is 0.807. The molecule has 0 aliphatic carbocycles. The van der Waals surface area contributed by atoms with Crippen LogP contribution in [0.15, 0.2) is 24.8 Å². The molecule has 1 heteroatoms. The summed E-state index contributed by atoms with van der Waals surface area (Å²) in [6.07, 6.45) is 3.78. The molecule has 1 aromatic carbocycles. The van der Waals surface area contributed by atoms with Crippen LogP contribution in [0.5, 0.6) is 0 Å². The van der Waals surface area contributed by atoms with Crippen LogP contribution in [0, 0.1) is 6.08 Å². The average molecular weight is 166 g/mol. The van der Waals surface area contributed by atoms with Crippen LogP contribution >= 0.6 is 11.6 Å². The van der Waals surface area contributed by atoms with Crippen molar-refractivity contribution < 1.29 is 0 Å². The van der Waals surface area contributed by atoms with E-state index in [-0.39, 0.29) is 0 Å². The monoisotopic (exact) mass is 165 g/mol. The third-order valence-electron chi connectivity index (χ3n) is 1.66. The summed E-state index contributed by atoms with van der Waals surface area (Å²) in [6.45, 7) is 5.67. The molecule has 0 atom stereocenters. The number of halogens is 1. The van der Waals surface area contributed by atoms with Crippen molar-refractivity contribution in [2.75, 3.05) is 0 Å². The van der Waals surface area contributed by atoms with Crippen LogP contribution in [0.1, 0.15) is 18.1 Å². The lowest BCUT2D eigenvalue weighted by Crippen LogP contribution is -1.87. The largest absolute Gasteiger partial charge is 0.0905 e. The molecule has 0 amide bonds. The summed E-state index contributed by atoms with van der Waals surface area (Å²) in [5, 5.41) is 0.807. The van der Waals surface area contributed by atoms with Gasteiger partial charge in [0.05, 0.1) is 0 Å². The summed E-state index contributed by atoms with van der Waals surface area (Å²) in [5.74, 6) is 0. The van der Waals surface area contributed by atoms with Gasteiger partial charge in [-0.2, -0.15) is 0 Å². The predicted molar refractivity (Wildman–Crippen MR) is 48.8 cm³/mol. The van der Waals surface area contributed by atoms with Crippen LogP contribution in [-0.2, 0) is 6.42 Å². The molecule has 0 aliphatic heterocycles. The fourth-order valence-electron chi connectivity index (χ4n) is 1.08. The minimum absolute atomic E-state index is 0.807. The summed E-state index contributed by atoms with van der Waals surface area (Å²) in [7, 11) is 0. The number of rotatable bonds is 2. The highest BCUT2D eigenvalue weighted by molar-refractivity contribution is 6.31. The van der Waals surface area contributed by atoms with Crippen LogP contribution < -0.4 is 0 Å². The minimum Gasteiger partial charge on any atom is -0.0905 e. The highest BCUT2D eigenvalue weighted by Crippen LogP contribution is 2.20. The molecule has 0 N–H and O–H groups in total. The zero-order valence-corrected chi connectivity index (χ0v) is 7.28. The fourth-order valence-corrected chi connectivity index (χ4v) is 1.39. The van der Waals surface area contributed by atoms with Gasteiger partial charge in [-0.05, 0) is 29.7 Å². The van der Waals surface area contributed by atoms with E-state index in [9.17, 15) is 0 Å². The van der Waals surface area contributed by atoms with E-state index >= 15 is 0 Å². The van der Waals surface area contributed by atoms with E-state index in [1.165, 1.54) is 0 Å². The Balaban J connectivity index is 3.23. The molecule has 0 saturated carbocycles. The van der Waals surface area contributed by atoms with Gasteiger partial charge in [-0.15, -0.1) is 0 Å². The Kier molecular flexibility index (Phi) is 2.72. The van der Waals surface area contributed by atoms with Gasteiger partial charge < -0.3 is 0 Å². The van der Waals surface area contributed by atoms with Crippen molar-refractivity contribution in [3.63, 3.8) is 0 Å². The number of hydrogen-bond acceptors (Lipinski definition) is 0. The van der Waals surface area contributed by atoms with E-state index in [1.807, 2.05) is 18.2 Å². The topological polar surface area (TPSA) is 0 Å². The Morgan fingerprint density at radius 1 is 1.55 bits per heavy atom. The maximum absolute atomic E-state index is 5.94. The molecule has 0 saturated heterocycles. The molecule has 11 heavy (non-hydrogen) atoms. The van der Waals surface area contributed by atoms with Crippen LogP contribution in [0.3, 0.4) is 0 Å². The van der Waals surface area contributed by atoms with E-state index in [1.54, 1.807) is 0 Å². The van der Waals surface area contributed by atoms with E-state index in [4.69, 9.17) is 11.6 Å². The molecule has 1 aromatic rings. The second-order valence-corrected chi connectivity index (χ2v) is 2.70. The van der Waals surface area contributed by atoms with E-state index in [0.29, 0.717) is 0 Å². The maximum atomic E-state index is 5.94. The van der Waals surface area contributed by atoms with Gasteiger partial charge in [-0.3, -0.25) is 0 Å². The van der Waals surface area contributed by atoms with Crippen LogP contribution in [0.25, 0.3) is 0 Å². The predicted octanol–water partition coefficient (Wildman–Crippen LogP) is 3.24. The molecule has 0 fully saturated rings. The Bertz CT molecular complexity index is 264. The summed E-state index contributed by atoms with van der Waals surface area (Å²) in [4.78, 5) is 0. The first kappa shape index (κ1) is 8.35. The Hall–Kier alpha value is -0.750. The SMILES string of the molecule is C=[C]c1cccc(Cl)c1CC. The van der Waals surface area contributed by atoms with E-state index < -0.39 is 0 Å². The summed E-state index contributed by atoms with van der Waals surface area (Å²) >= 11 is 5.94. The van der Waals surface area contributed by atoms with Crippen LogP contribution in [-0.4, -0.2) is 0 Å². The van der Waals surface area contributed by atoms with Crippen molar-refractivity contribution in [1.82, 2.24) is 0 Å². The summed E-state index contributed by atoms with van der Waals surface area (Å²) in [6, 6.07) is 5.77. The molecule has 0 heterocycles. The molecule has 1 radical (unpaired) electrons. The number of hydrogen-bond donors (Lipinski definition) is 0. The molecule has 0 bridgehead atoms. The summed E-state index contributed by atoms with van der Waals surface area (Å²) < 4.78 is 0. The molecule has 0 spiro atoms. The Morgan fingerprint density at radius 3 is 2.73 bits per heavy atom. The quantitative estimate of drug-likeness (QED) is 0.631. The zero-order chi connectivity index (χ0) is 8.27. The van der Waals surface area contributed by atoms with Gasteiger partial charge in [-0.25, -0.2) is 0 Å². The zero-order valence-electron chi connectivity index (χ0n) is 6.52. The van der Waals surface area contributed by atoms with Gasteiger partial charge >= 0.3 is 0 Å². The second-order valence-electron chi connectivity index (χ2n) is 2.30. The van der Waals surface area contributed by atoms with Crippen LogP contribution in [0.4, 0.5) is 0 Å². The molecule has 1 rings (SSSR count). The normalized spacial score (nSPS) is 9.64. The average Bonchev–Trinajstić information content (AvgIpc) is 2.04. The highest BCUT2D eigenvalue weighted by Gasteiger charge is 2.00. The van der Waals surface area contributed by atoms with Crippen molar-refractivity contribution in [2.45, 2.75) is 13.3 Å². The first-order valence-corrected chi connectivity index (χ1v) is 3.98. The van der Waals surface area contributed by atoms with E-state index in [2.05, 4.69) is 19.6 Å². The van der Waals surface area contributed by atoms with Crippen molar-refractivity contribution in [2.24, 2.45) is 0 Å². The molecule has 0 aliphatic rings. The fraction of sp³-hybridized carbons (Fsp3) is 0.200. The lowest BCUT2D eigenvalue weighted by molar-refractivity contribution is 1.12. The smallest absolute Gasteiger partial charge is 0.0444 e. The maximum Gasteiger partial charge on any atom is 0.0444 e. The highest BCUT2D eigenvalue weighted by atomic mass is 35.5. The molecule has 57 valence electrons.